The number of hydrogen-bond donors (Lipinski definition) is 1. The molecule has 1 aliphatic carbocycles. The number of nitrogens with zero attached hydrogens (tertiary/aromatic N) is 1. The fraction of sp³-hybridized carbons (Fsp3) is 0.667. The van der Waals surface area contributed by atoms with E-state index < -0.39 is 0 Å². The molecular weight excluding hydrogens is 412 g/mol. The van der Waals surface area contributed by atoms with Crippen molar-refractivity contribution in [1.29, 1.82) is 0 Å². The molecule has 0 radical (unpaired) electrons. The Kier molecular flexibility index (Phi) is 6.79. The summed E-state index contributed by atoms with van der Waals surface area (Å²) in [5, 5.41) is 3.01. The second-order valence-corrected chi connectivity index (χ2v) is 9.08. The summed E-state index contributed by atoms with van der Waals surface area (Å²) in [7, 11) is 4.66. The van der Waals surface area contributed by atoms with Crippen LogP contribution in [0.25, 0.3) is 0 Å². The van der Waals surface area contributed by atoms with Gasteiger partial charge in [0, 0.05) is 25.6 Å². The first-order valence-electron chi connectivity index (χ1n) is 11.5. The van der Waals surface area contributed by atoms with Crippen LogP contribution in [-0.2, 0) is 20.7 Å². The third kappa shape index (κ3) is 4.95. The lowest BCUT2D eigenvalue weighted by molar-refractivity contribution is -0.139. The second-order valence-electron chi connectivity index (χ2n) is 9.08. The lowest BCUT2D eigenvalue weighted by Gasteiger charge is -2.39. The van der Waals surface area contributed by atoms with Gasteiger partial charge in [-0.05, 0) is 56.2 Å². The van der Waals surface area contributed by atoms with Crippen molar-refractivity contribution in [2.45, 2.75) is 56.7 Å². The van der Waals surface area contributed by atoms with Gasteiger partial charge >= 0.3 is 0 Å². The minimum atomic E-state index is -0.132. The van der Waals surface area contributed by atoms with Gasteiger partial charge in [0.2, 0.25) is 17.6 Å². The monoisotopic (exact) mass is 446 g/mol. The maximum atomic E-state index is 12.6. The van der Waals surface area contributed by atoms with Crippen molar-refractivity contribution in [2.75, 3.05) is 41.0 Å². The van der Waals surface area contributed by atoms with Crippen LogP contribution in [0, 0.1) is 5.92 Å². The van der Waals surface area contributed by atoms with E-state index in [0.29, 0.717) is 29.7 Å². The number of hydrogen-bond acceptors (Lipinski definition) is 6. The molecule has 8 nitrogen and oxygen atoms in total. The molecule has 3 fully saturated rings. The maximum Gasteiger partial charge on any atom is 0.225 e. The predicted molar refractivity (Wildman–Crippen MR) is 118 cm³/mol. The third-order valence-electron chi connectivity index (χ3n) is 6.87. The summed E-state index contributed by atoms with van der Waals surface area (Å²) in [5.41, 5.74) is 0.653. The van der Waals surface area contributed by atoms with Gasteiger partial charge in [0.1, 0.15) is 0 Å². The number of nitrogens with one attached hydrogen (secondary N) is 1. The van der Waals surface area contributed by atoms with Crippen molar-refractivity contribution in [3.05, 3.63) is 17.7 Å². The summed E-state index contributed by atoms with van der Waals surface area (Å²) < 4.78 is 22.4. The van der Waals surface area contributed by atoms with Crippen molar-refractivity contribution in [2.24, 2.45) is 5.92 Å². The molecule has 2 saturated heterocycles. The maximum absolute atomic E-state index is 12.6. The zero-order chi connectivity index (χ0) is 22.7. The first kappa shape index (κ1) is 22.7. The Labute approximate surface area is 189 Å². The Morgan fingerprint density at radius 2 is 1.69 bits per heavy atom. The van der Waals surface area contributed by atoms with E-state index >= 15 is 0 Å². The number of carbonyl (C=O) groups excluding carboxylic acids is 2. The number of benzene rings is 1. The van der Waals surface area contributed by atoms with Crippen LogP contribution in [0.2, 0.25) is 0 Å². The lowest BCUT2D eigenvalue weighted by Crippen LogP contribution is -2.47. The Balaban J connectivity index is 1.25. The minimum Gasteiger partial charge on any atom is -0.493 e. The van der Waals surface area contributed by atoms with Gasteiger partial charge in [0.25, 0.3) is 0 Å². The van der Waals surface area contributed by atoms with Crippen molar-refractivity contribution in [1.82, 2.24) is 10.2 Å². The zero-order valence-corrected chi connectivity index (χ0v) is 19.3. The fourth-order valence-electron chi connectivity index (χ4n) is 4.84. The van der Waals surface area contributed by atoms with E-state index in [1.807, 2.05) is 4.90 Å². The highest BCUT2D eigenvalue weighted by molar-refractivity contribution is 5.81. The summed E-state index contributed by atoms with van der Waals surface area (Å²) >= 11 is 0. The highest BCUT2D eigenvalue weighted by Gasteiger charge is 2.44. The summed E-state index contributed by atoms with van der Waals surface area (Å²) in [6, 6.07) is 3.58. The number of methoxy groups -OCH3 is 3. The molecule has 1 N–H and O–H groups in total. The molecule has 0 unspecified atom stereocenters. The number of ether oxygens (including phenoxy) is 4. The molecule has 0 bridgehead atoms. The molecule has 176 valence electrons. The fourth-order valence-corrected chi connectivity index (χ4v) is 4.84. The van der Waals surface area contributed by atoms with Crippen LogP contribution < -0.4 is 19.5 Å². The SMILES string of the molecule is COc1cc(CC(=O)NC[C@@H]2CCC3(CCN(C(=O)C4CC4)CC3)O2)cc(OC)c1OC. The van der Waals surface area contributed by atoms with Crippen molar-refractivity contribution in [3.63, 3.8) is 0 Å². The molecule has 2 heterocycles. The van der Waals surface area contributed by atoms with E-state index in [1.165, 1.54) is 0 Å². The van der Waals surface area contributed by atoms with Gasteiger partial charge in [0.05, 0.1) is 39.5 Å². The van der Waals surface area contributed by atoms with Crippen molar-refractivity contribution >= 4 is 11.8 Å². The zero-order valence-electron chi connectivity index (χ0n) is 19.3. The molecule has 1 aromatic carbocycles. The minimum absolute atomic E-state index is 0.0181. The van der Waals surface area contributed by atoms with Gasteiger partial charge in [-0.1, -0.05) is 0 Å². The number of rotatable bonds is 8. The predicted octanol–water partition coefficient (Wildman–Crippen LogP) is 2.32. The van der Waals surface area contributed by atoms with E-state index in [2.05, 4.69) is 5.32 Å². The molecule has 0 aromatic heterocycles. The average Bonchev–Trinajstić information content (AvgIpc) is 3.59. The van der Waals surface area contributed by atoms with E-state index in [1.54, 1.807) is 33.5 Å². The number of piperidine rings is 1. The van der Waals surface area contributed by atoms with Gasteiger partial charge in [-0.15, -0.1) is 0 Å². The highest BCUT2D eigenvalue weighted by atomic mass is 16.5. The first-order valence-corrected chi connectivity index (χ1v) is 11.5. The standard InChI is InChI=1S/C24H34N2O6/c1-29-19-12-16(13-20(30-2)22(19)31-3)14-21(27)25-15-18-6-7-24(32-18)8-10-26(11-9-24)23(28)17-4-5-17/h12-13,17-18H,4-11,14-15H2,1-3H3,(H,25,27)/t18-/m0/s1. The summed E-state index contributed by atoms with van der Waals surface area (Å²) in [6.45, 7) is 2.07. The number of likely N-dealkylation sites (tertiary alicyclic amines) is 1. The lowest BCUT2D eigenvalue weighted by atomic mass is 9.88. The Bertz CT molecular complexity index is 820. The molecule has 8 heteroatoms. The van der Waals surface area contributed by atoms with Gasteiger partial charge in [-0.3, -0.25) is 9.59 Å². The second kappa shape index (κ2) is 9.57. The van der Waals surface area contributed by atoms with Crippen LogP contribution in [0.15, 0.2) is 12.1 Å². The van der Waals surface area contributed by atoms with Gasteiger partial charge in [0.15, 0.2) is 11.5 Å². The summed E-state index contributed by atoms with van der Waals surface area (Å²) in [6.07, 6.45) is 6.04. The molecule has 1 spiro atoms. The van der Waals surface area contributed by atoms with Crippen LogP contribution in [0.5, 0.6) is 17.2 Å². The van der Waals surface area contributed by atoms with Crippen LogP contribution in [-0.4, -0.2) is 69.4 Å². The molecule has 1 aromatic rings. The van der Waals surface area contributed by atoms with Gasteiger partial charge in [-0.25, -0.2) is 0 Å². The van der Waals surface area contributed by atoms with Crippen LogP contribution in [0.1, 0.15) is 44.1 Å². The average molecular weight is 447 g/mol. The topological polar surface area (TPSA) is 86.3 Å². The molecule has 2 amide bonds. The number of carbonyl (C=O) groups is 2. The first-order chi connectivity index (χ1) is 15.5. The molecule has 3 aliphatic rings. The third-order valence-corrected chi connectivity index (χ3v) is 6.87. The van der Waals surface area contributed by atoms with E-state index in [0.717, 1.165) is 57.2 Å². The molecule has 2 aliphatic heterocycles. The Morgan fingerprint density at radius 3 is 2.25 bits per heavy atom. The van der Waals surface area contributed by atoms with Gasteiger partial charge < -0.3 is 29.2 Å². The molecule has 32 heavy (non-hydrogen) atoms. The van der Waals surface area contributed by atoms with Crippen LogP contribution in [0.4, 0.5) is 0 Å². The molecule has 1 saturated carbocycles. The van der Waals surface area contributed by atoms with Crippen molar-refractivity contribution in [3.8, 4) is 17.2 Å². The summed E-state index contributed by atoms with van der Waals surface area (Å²) in [4.78, 5) is 26.9. The number of amides is 2. The van der Waals surface area contributed by atoms with Gasteiger partial charge in [-0.2, -0.15) is 0 Å². The highest BCUT2D eigenvalue weighted by Crippen LogP contribution is 2.41. The van der Waals surface area contributed by atoms with E-state index in [4.69, 9.17) is 18.9 Å². The quantitative estimate of drug-likeness (QED) is 0.660. The molecule has 1 atom stereocenters. The normalized spacial score (nSPS) is 22.0. The Hall–Kier alpha value is -2.48. The Morgan fingerprint density at radius 1 is 1.03 bits per heavy atom. The summed E-state index contributed by atoms with van der Waals surface area (Å²) in [5.74, 6) is 2.10. The van der Waals surface area contributed by atoms with Crippen molar-refractivity contribution < 1.29 is 28.5 Å². The smallest absolute Gasteiger partial charge is 0.225 e. The van der Waals surface area contributed by atoms with E-state index in [-0.39, 0.29) is 30.0 Å². The molecular formula is C24H34N2O6. The van der Waals surface area contributed by atoms with E-state index in [9.17, 15) is 9.59 Å². The van der Waals surface area contributed by atoms with Crippen LogP contribution in [0.3, 0.4) is 0 Å². The largest absolute Gasteiger partial charge is 0.493 e. The molecule has 4 rings (SSSR count). The van der Waals surface area contributed by atoms with Crippen LogP contribution >= 0.6 is 0 Å².